The molecular formula is C14H10N4S2. The Morgan fingerprint density at radius 2 is 2.10 bits per heavy atom. The van der Waals surface area contributed by atoms with E-state index in [4.69, 9.17) is 5.73 Å². The SMILES string of the molecule is Nc1n[nH]c(-c2cc3sccc3s2)c1-c1ccccn1. The molecule has 0 amide bonds. The fraction of sp³-hybridized carbons (Fsp3) is 0. The summed E-state index contributed by atoms with van der Waals surface area (Å²) in [6, 6.07) is 10.1. The van der Waals surface area contributed by atoms with Crippen LogP contribution in [0.25, 0.3) is 31.2 Å². The first-order chi connectivity index (χ1) is 9.83. The third-order valence-corrected chi connectivity index (χ3v) is 5.21. The van der Waals surface area contributed by atoms with Crippen molar-refractivity contribution < 1.29 is 0 Å². The van der Waals surface area contributed by atoms with E-state index in [1.54, 1.807) is 28.9 Å². The molecule has 0 saturated heterocycles. The van der Waals surface area contributed by atoms with Gasteiger partial charge in [-0.25, -0.2) is 0 Å². The molecule has 6 heteroatoms. The van der Waals surface area contributed by atoms with Gasteiger partial charge in [-0.1, -0.05) is 6.07 Å². The van der Waals surface area contributed by atoms with Crippen molar-refractivity contribution in [3.8, 4) is 21.8 Å². The van der Waals surface area contributed by atoms with Crippen molar-refractivity contribution in [3.05, 3.63) is 41.9 Å². The minimum atomic E-state index is 0.482. The van der Waals surface area contributed by atoms with Crippen LogP contribution in [0.1, 0.15) is 0 Å². The molecule has 0 atom stereocenters. The summed E-state index contributed by atoms with van der Waals surface area (Å²) in [7, 11) is 0. The van der Waals surface area contributed by atoms with E-state index >= 15 is 0 Å². The first kappa shape index (κ1) is 11.6. The second kappa shape index (κ2) is 4.43. The number of fused-ring (bicyclic) bond motifs is 1. The van der Waals surface area contributed by atoms with Gasteiger partial charge in [-0.2, -0.15) is 5.10 Å². The lowest BCUT2D eigenvalue weighted by Gasteiger charge is -2.01. The highest BCUT2D eigenvalue weighted by Gasteiger charge is 2.17. The molecule has 4 nitrogen and oxygen atoms in total. The summed E-state index contributed by atoms with van der Waals surface area (Å²) in [6.45, 7) is 0. The van der Waals surface area contributed by atoms with Gasteiger partial charge in [0.2, 0.25) is 0 Å². The summed E-state index contributed by atoms with van der Waals surface area (Å²) in [5.74, 6) is 0.482. The molecule has 98 valence electrons. The zero-order valence-electron chi connectivity index (χ0n) is 10.3. The molecule has 0 unspecified atom stereocenters. The van der Waals surface area contributed by atoms with Crippen molar-refractivity contribution in [3.63, 3.8) is 0 Å². The van der Waals surface area contributed by atoms with E-state index in [2.05, 4.69) is 32.7 Å². The molecule has 0 aliphatic carbocycles. The third kappa shape index (κ3) is 1.73. The van der Waals surface area contributed by atoms with Crippen molar-refractivity contribution in [2.45, 2.75) is 0 Å². The Labute approximate surface area is 122 Å². The monoisotopic (exact) mass is 298 g/mol. The Balaban J connectivity index is 1.93. The molecule has 0 spiro atoms. The summed E-state index contributed by atoms with van der Waals surface area (Å²) in [5.41, 5.74) is 8.66. The van der Waals surface area contributed by atoms with Crippen LogP contribution < -0.4 is 5.73 Å². The summed E-state index contributed by atoms with van der Waals surface area (Å²) in [6.07, 6.45) is 1.76. The van der Waals surface area contributed by atoms with Crippen molar-refractivity contribution in [1.82, 2.24) is 15.2 Å². The number of thiophene rings is 2. The number of rotatable bonds is 2. The van der Waals surface area contributed by atoms with Crippen LogP contribution in [0.3, 0.4) is 0 Å². The van der Waals surface area contributed by atoms with Gasteiger partial charge in [-0.05, 0) is 29.6 Å². The smallest absolute Gasteiger partial charge is 0.155 e. The quantitative estimate of drug-likeness (QED) is 0.588. The van der Waals surface area contributed by atoms with E-state index in [0.29, 0.717) is 5.82 Å². The van der Waals surface area contributed by atoms with Crippen LogP contribution in [0.2, 0.25) is 0 Å². The zero-order chi connectivity index (χ0) is 13.5. The van der Waals surface area contributed by atoms with E-state index < -0.39 is 0 Å². The second-order valence-electron chi connectivity index (χ2n) is 4.33. The number of aromatic nitrogens is 3. The molecule has 0 bridgehead atoms. The molecule has 3 N–H and O–H groups in total. The zero-order valence-corrected chi connectivity index (χ0v) is 12.0. The maximum atomic E-state index is 6.01. The van der Waals surface area contributed by atoms with Crippen molar-refractivity contribution in [2.24, 2.45) is 0 Å². The highest BCUT2D eigenvalue weighted by atomic mass is 32.1. The number of hydrogen-bond acceptors (Lipinski definition) is 5. The number of pyridine rings is 1. The standard InChI is InChI=1S/C14H10N4S2/c15-14-12(8-3-1-2-5-16-8)13(17-18-14)11-7-10-9(20-11)4-6-19-10/h1-7H,(H3,15,17,18). The van der Waals surface area contributed by atoms with Gasteiger partial charge in [0.15, 0.2) is 5.82 Å². The molecule has 0 radical (unpaired) electrons. The van der Waals surface area contributed by atoms with Crippen molar-refractivity contribution in [2.75, 3.05) is 5.73 Å². The average Bonchev–Trinajstić information content (AvgIpc) is 3.12. The Morgan fingerprint density at radius 1 is 1.15 bits per heavy atom. The fourth-order valence-corrected chi connectivity index (χ4v) is 4.30. The van der Waals surface area contributed by atoms with E-state index in [-0.39, 0.29) is 0 Å². The molecule has 0 aliphatic heterocycles. The normalized spacial score (nSPS) is 11.2. The fourth-order valence-electron chi connectivity index (χ4n) is 2.19. The minimum absolute atomic E-state index is 0.482. The van der Waals surface area contributed by atoms with Crippen LogP contribution in [-0.2, 0) is 0 Å². The highest BCUT2D eigenvalue weighted by Crippen LogP contribution is 2.40. The topological polar surface area (TPSA) is 67.6 Å². The van der Waals surface area contributed by atoms with Crippen LogP contribution >= 0.6 is 22.7 Å². The predicted molar refractivity (Wildman–Crippen MR) is 84.9 cm³/mol. The van der Waals surface area contributed by atoms with Gasteiger partial charge in [0.25, 0.3) is 0 Å². The average molecular weight is 298 g/mol. The summed E-state index contributed by atoms with van der Waals surface area (Å²) in [5, 5.41) is 9.29. The number of aromatic amines is 1. The Bertz CT molecular complexity index is 845. The lowest BCUT2D eigenvalue weighted by Crippen LogP contribution is -1.90. The molecule has 4 aromatic rings. The third-order valence-electron chi connectivity index (χ3n) is 3.10. The Hall–Kier alpha value is -2.18. The van der Waals surface area contributed by atoms with E-state index in [9.17, 15) is 0 Å². The van der Waals surface area contributed by atoms with Gasteiger partial charge in [-0.3, -0.25) is 10.1 Å². The van der Waals surface area contributed by atoms with Crippen LogP contribution in [0.5, 0.6) is 0 Å². The second-order valence-corrected chi connectivity index (χ2v) is 6.37. The van der Waals surface area contributed by atoms with Crippen LogP contribution in [0, 0.1) is 0 Å². The molecular weight excluding hydrogens is 288 g/mol. The number of hydrogen-bond donors (Lipinski definition) is 2. The van der Waals surface area contributed by atoms with Gasteiger partial charge in [0, 0.05) is 15.6 Å². The molecule has 0 fully saturated rings. The summed E-state index contributed by atoms with van der Waals surface area (Å²) in [4.78, 5) is 5.51. The molecule has 0 saturated carbocycles. The van der Waals surface area contributed by atoms with Gasteiger partial charge in [0.1, 0.15) is 0 Å². The lowest BCUT2D eigenvalue weighted by molar-refractivity contribution is 1.11. The lowest BCUT2D eigenvalue weighted by atomic mass is 10.1. The molecule has 4 heterocycles. The number of nitrogens with one attached hydrogen (secondary N) is 1. The molecule has 0 aromatic carbocycles. The van der Waals surface area contributed by atoms with Crippen LogP contribution in [0.4, 0.5) is 5.82 Å². The van der Waals surface area contributed by atoms with Gasteiger partial charge >= 0.3 is 0 Å². The van der Waals surface area contributed by atoms with Gasteiger partial charge in [-0.15, -0.1) is 22.7 Å². The van der Waals surface area contributed by atoms with E-state index in [1.165, 1.54) is 9.40 Å². The maximum Gasteiger partial charge on any atom is 0.155 e. The molecule has 4 aromatic heterocycles. The number of nitrogens with two attached hydrogens (primary N) is 1. The number of nitrogens with zero attached hydrogens (tertiary/aromatic N) is 2. The molecule has 20 heavy (non-hydrogen) atoms. The maximum absolute atomic E-state index is 6.01. The summed E-state index contributed by atoms with van der Waals surface area (Å²) >= 11 is 3.48. The largest absolute Gasteiger partial charge is 0.382 e. The summed E-state index contributed by atoms with van der Waals surface area (Å²) < 4.78 is 2.57. The van der Waals surface area contributed by atoms with Crippen molar-refractivity contribution >= 4 is 37.9 Å². The van der Waals surface area contributed by atoms with E-state index in [1.807, 2.05) is 18.2 Å². The number of H-pyrrole nitrogens is 1. The Kier molecular flexibility index (Phi) is 2.58. The molecule has 4 rings (SSSR count). The minimum Gasteiger partial charge on any atom is -0.382 e. The highest BCUT2D eigenvalue weighted by molar-refractivity contribution is 7.28. The van der Waals surface area contributed by atoms with Gasteiger partial charge < -0.3 is 5.73 Å². The van der Waals surface area contributed by atoms with Crippen LogP contribution in [-0.4, -0.2) is 15.2 Å². The van der Waals surface area contributed by atoms with Crippen LogP contribution in [0.15, 0.2) is 41.9 Å². The Morgan fingerprint density at radius 3 is 2.90 bits per heavy atom. The van der Waals surface area contributed by atoms with Crippen molar-refractivity contribution in [1.29, 1.82) is 0 Å². The number of anilines is 1. The first-order valence-electron chi connectivity index (χ1n) is 6.05. The number of nitrogen functional groups attached to an aromatic ring is 1. The first-order valence-corrected chi connectivity index (χ1v) is 7.75. The van der Waals surface area contributed by atoms with Gasteiger partial charge in [0.05, 0.1) is 21.8 Å². The molecule has 0 aliphatic rings. The van der Waals surface area contributed by atoms with E-state index in [0.717, 1.165) is 21.8 Å². The predicted octanol–water partition coefficient (Wildman–Crippen LogP) is 4.00.